The Kier molecular flexibility index (Phi) is 9.33. The van der Waals surface area contributed by atoms with Gasteiger partial charge < -0.3 is 14.6 Å². The molecule has 0 radical (unpaired) electrons. The predicted molar refractivity (Wildman–Crippen MR) is 132 cm³/mol. The maximum atomic E-state index is 12.4. The molecule has 0 aliphatic heterocycles. The zero-order chi connectivity index (χ0) is 23.5. The van der Waals surface area contributed by atoms with E-state index in [1.165, 1.54) is 31.5 Å². The molecule has 0 unspecified atom stereocenters. The highest BCUT2D eigenvalue weighted by Gasteiger charge is 2.10. The van der Waals surface area contributed by atoms with Crippen molar-refractivity contribution in [2.75, 3.05) is 6.61 Å². The van der Waals surface area contributed by atoms with Crippen LogP contribution in [0.25, 0.3) is 0 Å². The zero-order valence-electron chi connectivity index (χ0n) is 18.7. The lowest BCUT2D eigenvalue weighted by Gasteiger charge is -2.08. The lowest BCUT2D eigenvalue weighted by Crippen LogP contribution is -2.08. The Morgan fingerprint density at radius 1 is 0.939 bits per heavy atom. The van der Waals surface area contributed by atoms with Gasteiger partial charge in [0.05, 0.1) is 17.9 Å². The fraction of sp³-hybridized carbons (Fsp3) is 0.259. The molecule has 6 heteroatoms. The van der Waals surface area contributed by atoms with Crippen LogP contribution < -0.4 is 9.47 Å². The van der Waals surface area contributed by atoms with Crippen molar-refractivity contribution in [3.63, 3.8) is 0 Å². The summed E-state index contributed by atoms with van der Waals surface area (Å²) in [5.74, 6) is 0.418. The fourth-order valence-corrected chi connectivity index (χ4v) is 3.24. The smallest absolute Gasteiger partial charge is 0.343 e. The van der Waals surface area contributed by atoms with Gasteiger partial charge in [-0.2, -0.15) is 0 Å². The second kappa shape index (κ2) is 12.7. The summed E-state index contributed by atoms with van der Waals surface area (Å²) in [6.45, 7) is 2.86. The summed E-state index contributed by atoms with van der Waals surface area (Å²) < 4.78 is 11.1. The highest BCUT2D eigenvalue weighted by Crippen LogP contribution is 2.25. The number of halogens is 1. The summed E-state index contributed by atoms with van der Waals surface area (Å²) in [6.07, 6.45) is 7.43. The highest BCUT2D eigenvalue weighted by molar-refractivity contribution is 6.30. The average molecular weight is 466 g/mol. The van der Waals surface area contributed by atoms with Gasteiger partial charge in [-0.15, -0.1) is 0 Å². The lowest BCUT2D eigenvalue weighted by atomic mass is 10.2. The van der Waals surface area contributed by atoms with E-state index in [0.29, 0.717) is 28.4 Å². The largest absolute Gasteiger partial charge is 0.507 e. The molecule has 0 amide bonds. The van der Waals surface area contributed by atoms with E-state index in [1.54, 1.807) is 60.7 Å². The van der Waals surface area contributed by atoms with Crippen LogP contribution in [0.2, 0.25) is 5.02 Å². The van der Waals surface area contributed by atoms with Gasteiger partial charge >= 0.3 is 5.97 Å². The minimum Gasteiger partial charge on any atom is -0.507 e. The molecule has 5 nitrogen and oxygen atoms in total. The third-order valence-electron chi connectivity index (χ3n) is 5.00. The van der Waals surface area contributed by atoms with Crippen molar-refractivity contribution in [3.05, 3.63) is 82.9 Å². The molecular formula is C27H28ClNO4. The van der Waals surface area contributed by atoms with E-state index in [9.17, 15) is 9.90 Å². The highest BCUT2D eigenvalue weighted by atomic mass is 35.5. The van der Waals surface area contributed by atoms with Gasteiger partial charge in [0, 0.05) is 22.9 Å². The first kappa shape index (κ1) is 24.3. The summed E-state index contributed by atoms with van der Waals surface area (Å²) in [7, 11) is 0. The number of carbonyl (C=O) groups is 1. The minimum absolute atomic E-state index is 0.0410. The number of phenolic OH excluding ortho intramolecular Hbond substituents is 1. The zero-order valence-corrected chi connectivity index (χ0v) is 19.4. The molecule has 1 N–H and O–H groups in total. The Morgan fingerprint density at radius 3 is 2.33 bits per heavy atom. The van der Waals surface area contributed by atoms with Crippen molar-refractivity contribution < 1.29 is 19.4 Å². The van der Waals surface area contributed by atoms with E-state index < -0.39 is 5.97 Å². The second-order valence-electron chi connectivity index (χ2n) is 7.63. The van der Waals surface area contributed by atoms with E-state index >= 15 is 0 Å². The van der Waals surface area contributed by atoms with Crippen LogP contribution in [0.15, 0.2) is 71.7 Å². The SMILES string of the molecule is CCCCCCCOc1ccc(C(=O)Oc2ccc(C=Nc3ccc(Cl)cc3)c(O)c2)cc1. The number of hydrogen-bond acceptors (Lipinski definition) is 5. The van der Waals surface area contributed by atoms with Crippen molar-refractivity contribution in [3.8, 4) is 17.2 Å². The van der Waals surface area contributed by atoms with E-state index in [2.05, 4.69) is 11.9 Å². The van der Waals surface area contributed by atoms with Gasteiger partial charge in [0.15, 0.2) is 0 Å². The molecule has 0 aliphatic carbocycles. The fourth-order valence-electron chi connectivity index (χ4n) is 3.12. The first-order chi connectivity index (χ1) is 16.0. The number of phenols is 1. The number of rotatable bonds is 11. The van der Waals surface area contributed by atoms with Crippen LogP contribution >= 0.6 is 11.6 Å². The molecule has 3 rings (SSSR count). The number of ether oxygens (including phenoxy) is 2. The van der Waals surface area contributed by atoms with Crippen LogP contribution in [0.1, 0.15) is 54.9 Å². The quantitative estimate of drug-likeness (QED) is 0.139. The maximum absolute atomic E-state index is 12.4. The molecule has 0 atom stereocenters. The maximum Gasteiger partial charge on any atom is 0.343 e. The van der Waals surface area contributed by atoms with Crippen LogP contribution in [0.3, 0.4) is 0 Å². The molecule has 3 aromatic carbocycles. The van der Waals surface area contributed by atoms with Gasteiger partial charge in [0.2, 0.25) is 0 Å². The molecule has 0 aromatic heterocycles. The summed E-state index contributed by atoms with van der Waals surface area (Å²) in [6, 6.07) is 18.5. The van der Waals surface area contributed by atoms with Crippen molar-refractivity contribution in [2.45, 2.75) is 39.0 Å². The van der Waals surface area contributed by atoms with Crippen molar-refractivity contribution >= 4 is 29.5 Å². The first-order valence-corrected chi connectivity index (χ1v) is 11.5. The summed E-state index contributed by atoms with van der Waals surface area (Å²) in [5, 5.41) is 10.9. The Bertz CT molecular complexity index is 1060. The number of unbranched alkanes of at least 4 members (excludes halogenated alkanes) is 4. The third-order valence-corrected chi connectivity index (χ3v) is 5.25. The summed E-state index contributed by atoms with van der Waals surface area (Å²) in [5.41, 5.74) is 1.61. The Morgan fingerprint density at radius 2 is 1.64 bits per heavy atom. The number of aliphatic imine (C=N–C) groups is 1. The molecule has 172 valence electrons. The standard InChI is InChI=1S/C27H28ClNO4/c1-2-3-4-5-6-17-32-24-14-7-20(8-15-24)27(31)33-25-16-9-21(26(30)18-25)19-29-23-12-10-22(28)11-13-23/h7-16,18-19,30H,2-6,17H2,1H3. The number of aromatic hydroxyl groups is 1. The molecule has 0 saturated carbocycles. The van der Waals surface area contributed by atoms with Crippen LogP contribution in [-0.4, -0.2) is 23.9 Å². The second-order valence-corrected chi connectivity index (χ2v) is 8.07. The molecule has 0 fully saturated rings. The van der Waals surface area contributed by atoms with Crippen LogP contribution in [-0.2, 0) is 0 Å². The molecule has 0 saturated heterocycles. The topological polar surface area (TPSA) is 68.1 Å². The summed E-state index contributed by atoms with van der Waals surface area (Å²) in [4.78, 5) is 16.7. The number of hydrogen-bond donors (Lipinski definition) is 1. The van der Waals surface area contributed by atoms with Gasteiger partial charge in [-0.25, -0.2) is 4.79 Å². The van der Waals surface area contributed by atoms with Crippen molar-refractivity contribution in [1.29, 1.82) is 0 Å². The third kappa shape index (κ3) is 7.95. The van der Waals surface area contributed by atoms with Crippen LogP contribution in [0, 0.1) is 0 Å². The van der Waals surface area contributed by atoms with Crippen LogP contribution in [0.5, 0.6) is 17.2 Å². The molecule has 0 bridgehead atoms. The summed E-state index contributed by atoms with van der Waals surface area (Å²) >= 11 is 5.86. The van der Waals surface area contributed by atoms with E-state index in [0.717, 1.165) is 18.6 Å². The number of carbonyl (C=O) groups excluding carboxylic acids is 1. The molecule has 33 heavy (non-hydrogen) atoms. The van der Waals surface area contributed by atoms with Crippen molar-refractivity contribution in [2.24, 2.45) is 4.99 Å². The molecule has 0 spiro atoms. The molecule has 3 aromatic rings. The molecule has 0 aliphatic rings. The van der Waals surface area contributed by atoms with Crippen LogP contribution in [0.4, 0.5) is 5.69 Å². The Hall–Kier alpha value is -3.31. The number of nitrogens with zero attached hydrogens (tertiary/aromatic N) is 1. The predicted octanol–water partition coefficient (Wildman–Crippen LogP) is 7.36. The van der Waals surface area contributed by atoms with Gasteiger partial charge in [-0.1, -0.05) is 44.2 Å². The molecular weight excluding hydrogens is 438 g/mol. The van der Waals surface area contributed by atoms with E-state index in [-0.39, 0.29) is 11.5 Å². The first-order valence-electron chi connectivity index (χ1n) is 11.1. The van der Waals surface area contributed by atoms with Crippen molar-refractivity contribution in [1.82, 2.24) is 0 Å². The lowest BCUT2D eigenvalue weighted by molar-refractivity contribution is 0.0734. The monoisotopic (exact) mass is 465 g/mol. The molecule has 0 heterocycles. The number of esters is 1. The number of benzene rings is 3. The van der Waals surface area contributed by atoms with Gasteiger partial charge in [-0.05, 0) is 67.1 Å². The minimum atomic E-state index is -0.511. The van der Waals surface area contributed by atoms with Gasteiger partial charge in [-0.3, -0.25) is 4.99 Å². The van der Waals surface area contributed by atoms with Gasteiger partial charge in [0.25, 0.3) is 0 Å². The Balaban J connectivity index is 1.52. The van der Waals surface area contributed by atoms with E-state index in [4.69, 9.17) is 21.1 Å². The Labute approximate surface area is 199 Å². The van der Waals surface area contributed by atoms with E-state index in [1.807, 2.05) is 0 Å². The normalized spacial score (nSPS) is 11.0. The van der Waals surface area contributed by atoms with Gasteiger partial charge in [0.1, 0.15) is 17.2 Å². The average Bonchev–Trinajstić information content (AvgIpc) is 2.82.